The Morgan fingerprint density at radius 3 is 2.87 bits per heavy atom. The first kappa shape index (κ1) is 19.9. The molecule has 0 bridgehead atoms. The predicted molar refractivity (Wildman–Crippen MR) is 114 cm³/mol. The van der Waals surface area contributed by atoms with Gasteiger partial charge in [-0.2, -0.15) is 0 Å². The van der Waals surface area contributed by atoms with Crippen molar-refractivity contribution in [2.75, 3.05) is 34.1 Å². The molecule has 3 heterocycles. The smallest absolute Gasteiger partial charge is 0.231 e. The van der Waals surface area contributed by atoms with E-state index < -0.39 is 0 Å². The lowest BCUT2D eigenvalue weighted by Crippen LogP contribution is -2.37. The van der Waals surface area contributed by atoms with Gasteiger partial charge in [-0.05, 0) is 49.2 Å². The molecule has 3 aliphatic heterocycles. The summed E-state index contributed by atoms with van der Waals surface area (Å²) < 4.78 is 28.5. The fourth-order valence-corrected chi connectivity index (χ4v) is 4.29. The van der Waals surface area contributed by atoms with Gasteiger partial charge in [0.15, 0.2) is 5.76 Å². The van der Waals surface area contributed by atoms with E-state index in [9.17, 15) is 4.79 Å². The highest BCUT2D eigenvalue weighted by Gasteiger charge is 2.34. The van der Waals surface area contributed by atoms with Gasteiger partial charge in [0.25, 0.3) is 0 Å². The Balaban J connectivity index is 1.43. The van der Waals surface area contributed by atoms with E-state index in [2.05, 4.69) is 4.90 Å². The number of fused-ring (bicyclic) bond motifs is 3. The second-order valence-electron chi connectivity index (χ2n) is 7.89. The minimum atomic E-state index is -0.154. The highest BCUT2D eigenvalue weighted by Crippen LogP contribution is 2.42. The standard InChI is InChI=1S/C24H25NO6/c1-27-16-5-7-20(28-2)15(10-16)11-22-23(26)18-6-8-21-19(24(18)31-22)13-25(14-30-21)12-17-4-3-9-29-17/h5-8,10-11,17H,3-4,9,12-14H2,1-2H3/b22-11-. The number of carbonyl (C=O) groups is 1. The Kier molecular flexibility index (Phi) is 5.29. The number of nitrogens with zero attached hydrogens (tertiary/aromatic N) is 1. The molecule has 2 aromatic carbocycles. The molecule has 0 aliphatic carbocycles. The van der Waals surface area contributed by atoms with Crippen LogP contribution in [-0.4, -0.2) is 50.9 Å². The average Bonchev–Trinajstić information content (AvgIpc) is 3.42. The number of rotatable bonds is 5. The van der Waals surface area contributed by atoms with Crippen LogP contribution in [-0.2, 0) is 11.3 Å². The third-order valence-electron chi connectivity index (χ3n) is 5.89. The van der Waals surface area contributed by atoms with Crippen molar-refractivity contribution in [1.82, 2.24) is 4.90 Å². The van der Waals surface area contributed by atoms with Gasteiger partial charge in [0, 0.05) is 25.3 Å². The monoisotopic (exact) mass is 423 g/mol. The molecule has 0 saturated carbocycles. The van der Waals surface area contributed by atoms with Gasteiger partial charge in [0.05, 0.1) is 31.5 Å². The predicted octanol–water partition coefficient (Wildman–Crippen LogP) is 3.65. The van der Waals surface area contributed by atoms with Crippen molar-refractivity contribution in [3.8, 4) is 23.0 Å². The Bertz CT molecular complexity index is 1040. The van der Waals surface area contributed by atoms with Crippen molar-refractivity contribution in [3.63, 3.8) is 0 Å². The Morgan fingerprint density at radius 1 is 1.19 bits per heavy atom. The number of ketones is 1. The highest BCUT2D eigenvalue weighted by atomic mass is 16.5. The maximum absolute atomic E-state index is 13.1. The maximum Gasteiger partial charge on any atom is 0.231 e. The first-order valence-electron chi connectivity index (χ1n) is 10.4. The van der Waals surface area contributed by atoms with Gasteiger partial charge in [-0.1, -0.05) is 0 Å². The van der Waals surface area contributed by atoms with E-state index in [0.717, 1.165) is 37.3 Å². The SMILES string of the molecule is COc1ccc(OC)c(/C=C2\Oc3c(ccc4c3CN(CC3CCCO3)CO4)C2=O)c1. The lowest BCUT2D eigenvalue weighted by molar-refractivity contribution is 0.0274. The summed E-state index contributed by atoms with van der Waals surface area (Å²) in [4.78, 5) is 15.3. The van der Waals surface area contributed by atoms with Crippen LogP contribution in [0.2, 0.25) is 0 Å². The number of hydrogen-bond donors (Lipinski definition) is 0. The fraction of sp³-hybridized carbons (Fsp3) is 0.375. The molecule has 0 radical (unpaired) electrons. The minimum absolute atomic E-state index is 0.154. The molecule has 0 spiro atoms. The molecule has 2 aromatic rings. The summed E-state index contributed by atoms with van der Waals surface area (Å²) in [6.07, 6.45) is 4.11. The molecule has 3 aliphatic rings. The van der Waals surface area contributed by atoms with Gasteiger partial charge >= 0.3 is 0 Å². The van der Waals surface area contributed by atoms with Crippen LogP contribution in [0.5, 0.6) is 23.0 Å². The molecule has 7 nitrogen and oxygen atoms in total. The molecule has 5 rings (SSSR count). The number of methoxy groups -OCH3 is 2. The van der Waals surface area contributed by atoms with Crippen molar-refractivity contribution < 1.29 is 28.5 Å². The molecule has 1 atom stereocenters. The van der Waals surface area contributed by atoms with Crippen LogP contribution in [0.15, 0.2) is 36.1 Å². The zero-order chi connectivity index (χ0) is 21.4. The molecule has 162 valence electrons. The summed E-state index contributed by atoms with van der Waals surface area (Å²) in [7, 11) is 3.19. The van der Waals surface area contributed by atoms with Crippen LogP contribution < -0.4 is 18.9 Å². The molecule has 0 aromatic heterocycles. The van der Waals surface area contributed by atoms with Crippen molar-refractivity contribution in [2.45, 2.75) is 25.5 Å². The number of allylic oxidation sites excluding steroid dienone is 1. The van der Waals surface area contributed by atoms with Crippen molar-refractivity contribution in [2.24, 2.45) is 0 Å². The summed E-state index contributed by atoms with van der Waals surface area (Å²) in [5, 5.41) is 0. The third kappa shape index (κ3) is 3.75. The Morgan fingerprint density at radius 2 is 2.10 bits per heavy atom. The first-order valence-corrected chi connectivity index (χ1v) is 10.4. The van der Waals surface area contributed by atoms with Gasteiger partial charge in [-0.3, -0.25) is 9.69 Å². The van der Waals surface area contributed by atoms with Crippen LogP contribution in [0.1, 0.15) is 34.3 Å². The number of hydrogen-bond acceptors (Lipinski definition) is 7. The summed E-state index contributed by atoms with van der Waals surface area (Å²) in [5.41, 5.74) is 2.16. The minimum Gasteiger partial charge on any atom is -0.497 e. The average molecular weight is 423 g/mol. The first-order chi connectivity index (χ1) is 15.2. The van der Waals surface area contributed by atoms with Gasteiger partial charge in [-0.15, -0.1) is 0 Å². The van der Waals surface area contributed by atoms with Gasteiger partial charge in [0.1, 0.15) is 29.7 Å². The van der Waals surface area contributed by atoms with E-state index in [1.165, 1.54) is 0 Å². The lowest BCUT2D eigenvalue weighted by atomic mass is 10.0. The molecule has 1 unspecified atom stereocenters. The van der Waals surface area contributed by atoms with Crippen LogP contribution in [0.25, 0.3) is 6.08 Å². The summed E-state index contributed by atoms with van der Waals surface area (Å²) in [5.74, 6) is 2.74. The van der Waals surface area contributed by atoms with E-state index in [0.29, 0.717) is 41.7 Å². The highest BCUT2D eigenvalue weighted by molar-refractivity contribution is 6.15. The van der Waals surface area contributed by atoms with E-state index in [1.807, 2.05) is 18.2 Å². The fourth-order valence-electron chi connectivity index (χ4n) is 4.29. The van der Waals surface area contributed by atoms with Crippen molar-refractivity contribution in [3.05, 3.63) is 52.8 Å². The zero-order valence-electron chi connectivity index (χ0n) is 17.7. The van der Waals surface area contributed by atoms with E-state index in [4.69, 9.17) is 23.7 Å². The molecule has 0 N–H and O–H groups in total. The van der Waals surface area contributed by atoms with Crippen LogP contribution in [0, 0.1) is 0 Å². The molecule has 1 saturated heterocycles. The Labute approximate surface area is 181 Å². The number of carbonyl (C=O) groups excluding carboxylic acids is 1. The zero-order valence-corrected chi connectivity index (χ0v) is 17.7. The number of ether oxygens (including phenoxy) is 5. The Hall–Kier alpha value is -3.03. The molecule has 7 heteroatoms. The summed E-state index contributed by atoms with van der Waals surface area (Å²) in [6.45, 7) is 2.79. The van der Waals surface area contributed by atoms with E-state index in [1.54, 1.807) is 32.4 Å². The van der Waals surface area contributed by atoms with E-state index in [-0.39, 0.29) is 17.6 Å². The lowest BCUT2D eigenvalue weighted by Gasteiger charge is -2.31. The van der Waals surface area contributed by atoms with Crippen LogP contribution in [0.4, 0.5) is 0 Å². The van der Waals surface area contributed by atoms with Crippen LogP contribution in [0.3, 0.4) is 0 Å². The van der Waals surface area contributed by atoms with E-state index >= 15 is 0 Å². The van der Waals surface area contributed by atoms with Crippen LogP contribution >= 0.6 is 0 Å². The summed E-state index contributed by atoms with van der Waals surface area (Å²) >= 11 is 0. The molecule has 31 heavy (non-hydrogen) atoms. The number of benzene rings is 2. The van der Waals surface area contributed by atoms with Crippen molar-refractivity contribution >= 4 is 11.9 Å². The topological polar surface area (TPSA) is 66.5 Å². The second-order valence-corrected chi connectivity index (χ2v) is 7.89. The van der Waals surface area contributed by atoms with Gasteiger partial charge in [0.2, 0.25) is 5.78 Å². The van der Waals surface area contributed by atoms with Gasteiger partial charge < -0.3 is 23.7 Å². The maximum atomic E-state index is 13.1. The normalized spacial score (nSPS) is 21.4. The van der Waals surface area contributed by atoms with Gasteiger partial charge in [-0.25, -0.2) is 0 Å². The van der Waals surface area contributed by atoms with Crippen molar-refractivity contribution in [1.29, 1.82) is 0 Å². The molecule has 0 amide bonds. The second kappa shape index (κ2) is 8.24. The quantitative estimate of drug-likeness (QED) is 0.680. The third-order valence-corrected chi connectivity index (χ3v) is 5.89. The number of Topliss-reactive ketones (excluding diaryl/α,β-unsaturated/α-hetero) is 1. The molecular weight excluding hydrogens is 398 g/mol. The summed E-state index contributed by atoms with van der Waals surface area (Å²) in [6, 6.07) is 9.05. The molecular formula is C24H25NO6. The molecule has 1 fully saturated rings. The largest absolute Gasteiger partial charge is 0.497 e.